The summed E-state index contributed by atoms with van der Waals surface area (Å²) in [5, 5.41) is 10.4. The predicted molar refractivity (Wildman–Crippen MR) is 82.1 cm³/mol. The second-order valence-electron chi connectivity index (χ2n) is 5.19. The number of hydrogen-bond acceptors (Lipinski definition) is 4. The van der Waals surface area contributed by atoms with E-state index in [1.54, 1.807) is 24.5 Å². The van der Waals surface area contributed by atoms with Crippen LogP contribution in [0.15, 0.2) is 36.7 Å². The van der Waals surface area contributed by atoms with Crippen molar-refractivity contribution in [1.82, 2.24) is 15.2 Å². The van der Waals surface area contributed by atoms with Crippen LogP contribution < -0.4 is 10.1 Å². The van der Waals surface area contributed by atoms with Crippen molar-refractivity contribution in [3.05, 3.63) is 47.8 Å². The lowest BCUT2D eigenvalue weighted by Crippen LogP contribution is -2.17. The monoisotopic (exact) mass is 294 g/mol. The number of nitrogens with one attached hydrogen (secondary N) is 2. The van der Waals surface area contributed by atoms with E-state index in [9.17, 15) is 4.79 Å². The number of H-pyrrole nitrogens is 1. The van der Waals surface area contributed by atoms with Crippen molar-refractivity contribution >= 4 is 22.6 Å². The highest BCUT2D eigenvalue weighted by Gasteiger charge is 2.19. The van der Waals surface area contributed by atoms with E-state index < -0.39 is 0 Å². The van der Waals surface area contributed by atoms with Gasteiger partial charge >= 0.3 is 0 Å². The van der Waals surface area contributed by atoms with E-state index in [0.717, 1.165) is 23.8 Å². The maximum atomic E-state index is 12.6. The third-order valence-corrected chi connectivity index (χ3v) is 3.78. The van der Waals surface area contributed by atoms with Crippen LogP contribution in [0.4, 0.5) is 5.69 Å². The lowest BCUT2D eigenvalue weighted by molar-refractivity contribution is 0.102. The minimum atomic E-state index is -0.188. The maximum absolute atomic E-state index is 12.6. The van der Waals surface area contributed by atoms with Crippen molar-refractivity contribution in [2.75, 3.05) is 11.9 Å². The number of aromatic amines is 1. The molecule has 0 radical (unpaired) electrons. The molecule has 3 aromatic rings. The number of rotatable bonds is 2. The van der Waals surface area contributed by atoms with Crippen molar-refractivity contribution in [2.24, 2.45) is 0 Å². The first kappa shape index (κ1) is 12.8. The van der Waals surface area contributed by atoms with Crippen LogP contribution in [0.5, 0.6) is 5.75 Å². The third-order valence-electron chi connectivity index (χ3n) is 3.78. The molecule has 0 atom stereocenters. The van der Waals surface area contributed by atoms with Gasteiger partial charge in [0.05, 0.1) is 29.4 Å². The van der Waals surface area contributed by atoms with Crippen molar-refractivity contribution in [2.45, 2.75) is 12.8 Å². The van der Waals surface area contributed by atoms with Crippen LogP contribution in [0, 0.1) is 0 Å². The fourth-order valence-electron chi connectivity index (χ4n) is 2.72. The Bertz CT molecular complexity index is 856. The minimum Gasteiger partial charge on any atom is -0.492 e. The highest BCUT2D eigenvalue weighted by molar-refractivity contribution is 6.09. The van der Waals surface area contributed by atoms with Gasteiger partial charge in [-0.15, -0.1) is 0 Å². The van der Waals surface area contributed by atoms with Crippen molar-refractivity contribution in [3.63, 3.8) is 0 Å². The fraction of sp³-hybridized carbons (Fsp3) is 0.188. The summed E-state index contributed by atoms with van der Waals surface area (Å²) in [5.41, 5.74) is 2.97. The van der Waals surface area contributed by atoms with E-state index >= 15 is 0 Å². The molecule has 2 N–H and O–H groups in total. The number of benzene rings is 1. The molecule has 1 aromatic carbocycles. The molecule has 6 nitrogen and oxygen atoms in total. The number of anilines is 1. The zero-order valence-corrected chi connectivity index (χ0v) is 11.8. The van der Waals surface area contributed by atoms with E-state index in [2.05, 4.69) is 20.5 Å². The average Bonchev–Trinajstić information content (AvgIpc) is 3.04. The molecule has 110 valence electrons. The summed E-state index contributed by atoms with van der Waals surface area (Å²) in [4.78, 5) is 16.8. The Morgan fingerprint density at radius 2 is 2.27 bits per heavy atom. The molecular weight excluding hydrogens is 280 g/mol. The van der Waals surface area contributed by atoms with Crippen LogP contribution in [0.3, 0.4) is 0 Å². The molecule has 22 heavy (non-hydrogen) atoms. The Morgan fingerprint density at radius 1 is 1.32 bits per heavy atom. The SMILES string of the molecule is O=C(Nc1ccnc2[nH]ncc12)c1cccc2c1OCCC2. The van der Waals surface area contributed by atoms with Gasteiger partial charge < -0.3 is 10.1 Å². The van der Waals surface area contributed by atoms with Crippen LogP contribution in [-0.2, 0) is 6.42 Å². The number of pyridine rings is 1. The van der Waals surface area contributed by atoms with E-state index in [1.165, 1.54) is 0 Å². The second kappa shape index (κ2) is 5.14. The first-order valence-electron chi connectivity index (χ1n) is 7.17. The summed E-state index contributed by atoms with van der Waals surface area (Å²) in [6.07, 6.45) is 5.21. The highest BCUT2D eigenvalue weighted by atomic mass is 16.5. The van der Waals surface area contributed by atoms with Crippen LogP contribution >= 0.6 is 0 Å². The number of nitrogens with zero attached hydrogens (tertiary/aromatic N) is 2. The first-order valence-corrected chi connectivity index (χ1v) is 7.17. The Kier molecular flexibility index (Phi) is 3.00. The quantitative estimate of drug-likeness (QED) is 0.761. The molecule has 1 aliphatic rings. The smallest absolute Gasteiger partial charge is 0.259 e. The number of amides is 1. The molecule has 1 aliphatic heterocycles. The Labute approximate surface area is 126 Å². The van der Waals surface area contributed by atoms with Gasteiger partial charge in [0.15, 0.2) is 5.65 Å². The van der Waals surface area contributed by atoms with Crippen molar-refractivity contribution in [3.8, 4) is 5.75 Å². The number of para-hydroxylation sites is 1. The van der Waals surface area contributed by atoms with Gasteiger partial charge in [0.2, 0.25) is 0 Å². The number of aryl methyl sites for hydroxylation is 1. The number of ether oxygens (including phenoxy) is 1. The second-order valence-corrected chi connectivity index (χ2v) is 5.19. The van der Waals surface area contributed by atoms with Gasteiger partial charge in [0.25, 0.3) is 5.91 Å². The molecule has 1 amide bonds. The third kappa shape index (κ3) is 2.09. The number of carbonyl (C=O) groups excluding carboxylic acids is 1. The minimum absolute atomic E-state index is 0.188. The molecule has 0 saturated carbocycles. The summed E-state index contributed by atoms with van der Waals surface area (Å²) < 4.78 is 5.69. The van der Waals surface area contributed by atoms with Gasteiger partial charge in [-0.2, -0.15) is 5.10 Å². The van der Waals surface area contributed by atoms with Crippen molar-refractivity contribution < 1.29 is 9.53 Å². The lowest BCUT2D eigenvalue weighted by atomic mass is 10.0. The van der Waals surface area contributed by atoms with Crippen LogP contribution in [-0.4, -0.2) is 27.7 Å². The zero-order valence-electron chi connectivity index (χ0n) is 11.8. The molecule has 2 aromatic heterocycles. The average molecular weight is 294 g/mol. The molecule has 6 heteroatoms. The van der Waals surface area contributed by atoms with Gasteiger partial charge in [-0.25, -0.2) is 4.98 Å². The van der Waals surface area contributed by atoms with E-state index in [4.69, 9.17) is 4.74 Å². The molecule has 0 fully saturated rings. The molecule has 0 spiro atoms. The van der Waals surface area contributed by atoms with Gasteiger partial charge in [0, 0.05) is 6.20 Å². The van der Waals surface area contributed by atoms with Crippen LogP contribution in [0.25, 0.3) is 11.0 Å². The number of aromatic nitrogens is 3. The fourth-order valence-corrected chi connectivity index (χ4v) is 2.72. The molecular formula is C16H14N4O2. The molecule has 3 heterocycles. The Hall–Kier alpha value is -2.89. The van der Waals surface area contributed by atoms with Crippen LogP contribution in [0.1, 0.15) is 22.3 Å². The first-order chi connectivity index (χ1) is 10.8. The summed E-state index contributed by atoms with van der Waals surface area (Å²) in [5.74, 6) is 0.510. The normalized spacial score (nSPS) is 13.5. The number of hydrogen-bond donors (Lipinski definition) is 2. The summed E-state index contributed by atoms with van der Waals surface area (Å²) in [6.45, 7) is 0.651. The van der Waals surface area contributed by atoms with Gasteiger partial charge in [-0.3, -0.25) is 9.89 Å². The topological polar surface area (TPSA) is 79.9 Å². The maximum Gasteiger partial charge on any atom is 0.259 e. The van der Waals surface area contributed by atoms with Gasteiger partial charge in [-0.1, -0.05) is 12.1 Å². The summed E-state index contributed by atoms with van der Waals surface area (Å²) in [7, 11) is 0. The van der Waals surface area contributed by atoms with Crippen molar-refractivity contribution in [1.29, 1.82) is 0 Å². The molecule has 4 rings (SSSR count). The molecule has 0 bridgehead atoms. The van der Waals surface area contributed by atoms with Crippen LogP contribution in [0.2, 0.25) is 0 Å². The lowest BCUT2D eigenvalue weighted by Gasteiger charge is -2.19. The zero-order chi connectivity index (χ0) is 14.9. The van der Waals surface area contributed by atoms with E-state index in [-0.39, 0.29) is 5.91 Å². The summed E-state index contributed by atoms with van der Waals surface area (Å²) >= 11 is 0. The Morgan fingerprint density at radius 3 is 3.23 bits per heavy atom. The van der Waals surface area contributed by atoms with E-state index in [0.29, 0.717) is 29.3 Å². The Balaban J connectivity index is 1.70. The van der Waals surface area contributed by atoms with Gasteiger partial charge in [-0.05, 0) is 30.5 Å². The van der Waals surface area contributed by atoms with Gasteiger partial charge in [0.1, 0.15) is 5.75 Å². The molecule has 0 saturated heterocycles. The predicted octanol–water partition coefficient (Wildman–Crippen LogP) is 2.54. The molecule has 0 unspecified atom stereocenters. The molecule has 0 aliphatic carbocycles. The largest absolute Gasteiger partial charge is 0.492 e. The number of carbonyl (C=O) groups is 1. The standard InChI is InChI=1S/C16H14N4O2/c21-16(11-5-1-3-10-4-2-8-22-14(10)11)19-13-6-7-17-15-12(13)9-18-20-15/h1,3,5-7,9H,2,4,8H2,(H2,17,18,19,20,21). The van der Waals surface area contributed by atoms with E-state index in [1.807, 2.05) is 12.1 Å². The highest BCUT2D eigenvalue weighted by Crippen LogP contribution is 2.30. The summed E-state index contributed by atoms with van der Waals surface area (Å²) in [6, 6.07) is 7.44. The number of fused-ring (bicyclic) bond motifs is 2.